The van der Waals surface area contributed by atoms with Gasteiger partial charge in [-0.25, -0.2) is 0 Å². The molecule has 1 heteroatoms. The zero-order valence-electron chi connectivity index (χ0n) is 10.6. The van der Waals surface area contributed by atoms with Crippen LogP contribution in [0.3, 0.4) is 0 Å². The van der Waals surface area contributed by atoms with Crippen LogP contribution in [0.5, 0.6) is 0 Å². The Kier molecular flexibility index (Phi) is 3.39. The number of rotatable bonds is 6. The van der Waals surface area contributed by atoms with E-state index < -0.39 is 0 Å². The van der Waals surface area contributed by atoms with Gasteiger partial charge in [0.15, 0.2) is 0 Å². The highest BCUT2D eigenvalue weighted by Gasteiger charge is 2.56. The summed E-state index contributed by atoms with van der Waals surface area (Å²) in [6.45, 7) is 5.76. The van der Waals surface area contributed by atoms with Crippen LogP contribution in [0.25, 0.3) is 0 Å². The van der Waals surface area contributed by atoms with Gasteiger partial charge in [0.2, 0.25) is 0 Å². The first kappa shape index (κ1) is 11.4. The lowest BCUT2D eigenvalue weighted by atomic mass is 9.49. The van der Waals surface area contributed by atoms with E-state index in [0.29, 0.717) is 11.0 Å². The van der Waals surface area contributed by atoms with Crippen LogP contribution in [-0.4, -0.2) is 12.1 Å². The predicted octanol–water partition coefficient (Wildman–Crippen LogP) is 3.88. The summed E-state index contributed by atoms with van der Waals surface area (Å²) in [5, 5.41) is 3.85. The molecule has 2 aliphatic carbocycles. The van der Waals surface area contributed by atoms with Gasteiger partial charge in [0.1, 0.15) is 0 Å². The molecule has 0 unspecified atom stereocenters. The molecule has 0 saturated heterocycles. The molecule has 0 aliphatic heterocycles. The predicted molar refractivity (Wildman–Crippen MR) is 66.1 cm³/mol. The van der Waals surface area contributed by atoms with Crippen LogP contribution < -0.4 is 5.32 Å². The van der Waals surface area contributed by atoms with E-state index in [9.17, 15) is 0 Å². The number of unbranched alkanes of at least 4 members (excludes halogenated alkanes) is 1. The summed E-state index contributed by atoms with van der Waals surface area (Å²) in [5.74, 6) is 0. The lowest BCUT2D eigenvalue weighted by molar-refractivity contribution is -0.0587. The van der Waals surface area contributed by atoms with Crippen molar-refractivity contribution < 1.29 is 0 Å². The third-order valence-corrected chi connectivity index (χ3v) is 5.06. The molecule has 0 heterocycles. The number of nitrogens with one attached hydrogen (secondary N) is 1. The minimum atomic E-state index is 0.565. The fourth-order valence-corrected chi connectivity index (χ4v) is 3.85. The van der Waals surface area contributed by atoms with Crippen molar-refractivity contribution in [2.75, 3.05) is 6.54 Å². The number of hydrogen-bond donors (Lipinski definition) is 1. The SMILES string of the molecule is CCCCC1(C2(NCC)CCC2)CCC1. The van der Waals surface area contributed by atoms with Gasteiger partial charge in [-0.1, -0.05) is 33.1 Å². The highest BCUT2D eigenvalue weighted by atomic mass is 15.0. The van der Waals surface area contributed by atoms with Crippen LogP contribution in [0.4, 0.5) is 0 Å². The Bertz CT molecular complexity index is 201. The topological polar surface area (TPSA) is 12.0 Å². The molecule has 0 spiro atoms. The Hall–Kier alpha value is -0.0400. The minimum absolute atomic E-state index is 0.565. The number of hydrogen-bond acceptors (Lipinski definition) is 1. The molecule has 0 aromatic carbocycles. The van der Waals surface area contributed by atoms with E-state index in [4.69, 9.17) is 0 Å². The molecule has 0 aromatic rings. The van der Waals surface area contributed by atoms with Crippen LogP contribution in [0.15, 0.2) is 0 Å². The zero-order valence-corrected chi connectivity index (χ0v) is 10.6. The van der Waals surface area contributed by atoms with Crippen LogP contribution in [0.2, 0.25) is 0 Å². The van der Waals surface area contributed by atoms with Crippen molar-refractivity contribution in [2.24, 2.45) is 5.41 Å². The first-order valence-corrected chi connectivity index (χ1v) is 7.04. The van der Waals surface area contributed by atoms with Crippen molar-refractivity contribution in [3.8, 4) is 0 Å². The highest BCUT2D eigenvalue weighted by Crippen LogP contribution is 2.59. The average Bonchev–Trinajstić information content (AvgIpc) is 2.12. The van der Waals surface area contributed by atoms with Gasteiger partial charge in [-0.2, -0.15) is 0 Å². The van der Waals surface area contributed by atoms with E-state index in [2.05, 4.69) is 19.2 Å². The Balaban J connectivity index is 2.02. The summed E-state index contributed by atoms with van der Waals surface area (Å²) in [7, 11) is 0. The Labute approximate surface area is 95.0 Å². The van der Waals surface area contributed by atoms with Crippen LogP contribution >= 0.6 is 0 Å². The van der Waals surface area contributed by atoms with Crippen molar-refractivity contribution in [3.63, 3.8) is 0 Å². The second kappa shape index (κ2) is 4.45. The van der Waals surface area contributed by atoms with Crippen LogP contribution in [-0.2, 0) is 0 Å². The smallest absolute Gasteiger partial charge is 0.0237 e. The standard InChI is InChI=1S/C14H27N/c1-3-5-8-13(9-6-10-13)14(15-4-2)11-7-12-14/h15H,3-12H2,1-2H3. The van der Waals surface area contributed by atoms with Gasteiger partial charge in [-0.05, 0) is 50.5 Å². The van der Waals surface area contributed by atoms with Crippen molar-refractivity contribution in [2.45, 2.75) is 77.2 Å². The maximum atomic E-state index is 3.85. The molecule has 1 N–H and O–H groups in total. The monoisotopic (exact) mass is 209 g/mol. The molecule has 0 bridgehead atoms. The molecular formula is C14H27N. The average molecular weight is 209 g/mol. The van der Waals surface area contributed by atoms with Crippen molar-refractivity contribution in [3.05, 3.63) is 0 Å². The Morgan fingerprint density at radius 3 is 2.00 bits per heavy atom. The lowest BCUT2D eigenvalue weighted by Crippen LogP contribution is -2.65. The fraction of sp³-hybridized carbons (Fsp3) is 1.00. The quantitative estimate of drug-likeness (QED) is 0.700. The minimum Gasteiger partial charge on any atom is -0.311 e. The first-order valence-electron chi connectivity index (χ1n) is 7.04. The van der Waals surface area contributed by atoms with E-state index in [0.717, 1.165) is 6.54 Å². The van der Waals surface area contributed by atoms with Gasteiger partial charge in [-0.3, -0.25) is 0 Å². The summed E-state index contributed by atoms with van der Waals surface area (Å²) < 4.78 is 0. The van der Waals surface area contributed by atoms with Gasteiger partial charge >= 0.3 is 0 Å². The van der Waals surface area contributed by atoms with Crippen LogP contribution in [0.1, 0.15) is 71.6 Å². The van der Waals surface area contributed by atoms with Crippen LogP contribution in [0, 0.1) is 5.41 Å². The summed E-state index contributed by atoms with van der Waals surface area (Å²) in [6.07, 6.45) is 13.1. The van der Waals surface area contributed by atoms with Crippen molar-refractivity contribution in [1.29, 1.82) is 0 Å². The fourth-order valence-electron chi connectivity index (χ4n) is 3.85. The van der Waals surface area contributed by atoms with E-state index in [-0.39, 0.29) is 0 Å². The van der Waals surface area contributed by atoms with E-state index in [1.54, 1.807) is 0 Å². The van der Waals surface area contributed by atoms with Gasteiger partial charge in [0.25, 0.3) is 0 Å². The third-order valence-electron chi connectivity index (χ3n) is 5.06. The Morgan fingerprint density at radius 2 is 1.67 bits per heavy atom. The maximum absolute atomic E-state index is 3.85. The van der Waals surface area contributed by atoms with Crippen molar-refractivity contribution >= 4 is 0 Å². The second-order valence-corrected chi connectivity index (χ2v) is 5.70. The van der Waals surface area contributed by atoms with E-state index >= 15 is 0 Å². The molecule has 88 valence electrons. The van der Waals surface area contributed by atoms with Gasteiger partial charge in [0, 0.05) is 5.54 Å². The zero-order chi connectivity index (χ0) is 10.8. The molecule has 0 radical (unpaired) electrons. The second-order valence-electron chi connectivity index (χ2n) is 5.70. The van der Waals surface area contributed by atoms with Gasteiger partial charge < -0.3 is 5.32 Å². The summed E-state index contributed by atoms with van der Waals surface area (Å²) in [4.78, 5) is 0. The normalized spacial score (nSPS) is 26.8. The molecule has 0 amide bonds. The van der Waals surface area contributed by atoms with E-state index in [1.165, 1.54) is 57.8 Å². The van der Waals surface area contributed by atoms with Gasteiger partial charge in [-0.15, -0.1) is 0 Å². The molecule has 1 nitrogen and oxygen atoms in total. The highest BCUT2D eigenvalue weighted by molar-refractivity contribution is 5.12. The maximum Gasteiger partial charge on any atom is 0.0237 e. The molecule has 2 rings (SSSR count). The molecule has 0 atom stereocenters. The summed E-state index contributed by atoms with van der Waals surface area (Å²) >= 11 is 0. The van der Waals surface area contributed by atoms with Crippen molar-refractivity contribution in [1.82, 2.24) is 5.32 Å². The largest absolute Gasteiger partial charge is 0.311 e. The molecule has 0 aromatic heterocycles. The lowest BCUT2D eigenvalue weighted by Gasteiger charge is -2.61. The molecule has 2 aliphatic rings. The Morgan fingerprint density at radius 1 is 1.00 bits per heavy atom. The summed E-state index contributed by atoms with van der Waals surface area (Å²) in [5.41, 5.74) is 1.27. The summed E-state index contributed by atoms with van der Waals surface area (Å²) in [6, 6.07) is 0. The molecule has 2 fully saturated rings. The molecule has 15 heavy (non-hydrogen) atoms. The molecular weight excluding hydrogens is 182 g/mol. The first-order chi connectivity index (χ1) is 7.29. The van der Waals surface area contributed by atoms with Gasteiger partial charge in [0.05, 0.1) is 0 Å². The molecule has 2 saturated carbocycles. The van der Waals surface area contributed by atoms with E-state index in [1.807, 2.05) is 0 Å². The third kappa shape index (κ3) is 1.73.